The predicted molar refractivity (Wildman–Crippen MR) is 97.8 cm³/mol. The van der Waals surface area contributed by atoms with Crippen LogP contribution in [0.4, 0.5) is 0 Å². The fourth-order valence-corrected chi connectivity index (χ4v) is 4.38. The van der Waals surface area contributed by atoms with Crippen molar-refractivity contribution in [2.75, 3.05) is 33.2 Å². The SMILES string of the molecule is CN(C(=O)CN1C[C@@H](CN)[C@H](c2ccccc2)C1)C1CCCCC1. The maximum absolute atomic E-state index is 12.7. The van der Waals surface area contributed by atoms with Gasteiger partial charge in [-0.1, -0.05) is 49.6 Å². The van der Waals surface area contributed by atoms with E-state index in [1.807, 2.05) is 11.9 Å². The summed E-state index contributed by atoms with van der Waals surface area (Å²) in [6.45, 7) is 3.09. The van der Waals surface area contributed by atoms with Crippen molar-refractivity contribution in [3.63, 3.8) is 0 Å². The highest BCUT2D eigenvalue weighted by molar-refractivity contribution is 5.78. The zero-order valence-corrected chi connectivity index (χ0v) is 14.9. The summed E-state index contributed by atoms with van der Waals surface area (Å²) in [6, 6.07) is 11.1. The maximum Gasteiger partial charge on any atom is 0.236 e. The third-order valence-corrected chi connectivity index (χ3v) is 5.92. The second-order valence-corrected chi connectivity index (χ2v) is 7.50. The molecule has 2 aliphatic rings. The Balaban J connectivity index is 1.58. The number of carbonyl (C=O) groups excluding carboxylic acids is 1. The molecular weight excluding hydrogens is 298 g/mol. The van der Waals surface area contributed by atoms with Crippen LogP contribution in [0, 0.1) is 5.92 Å². The van der Waals surface area contributed by atoms with Crippen molar-refractivity contribution in [1.82, 2.24) is 9.80 Å². The van der Waals surface area contributed by atoms with Crippen molar-refractivity contribution in [2.45, 2.75) is 44.1 Å². The number of nitrogens with two attached hydrogens (primary N) is 1. The van der Waals surface area contributed by atoms with Gasteiger partial charge in [-0.25, -0.2) is 0 Å². The molecule has 4 heteroatoms. The molecule has 4 nitrogen and oxygen atoms in total. The van der Waals surface area contributed by atoms with Gasteiger partial charge in [0, 0.05) is 32.1 Å². The first kappa shape index (κ1) is 17.4. The largest absolute Gasteiger partial charge is 0.342 e. The molecule has 1 saturated heterocycles. The molecule has 3 rings (SSSR count). The van der Waals surface area contributed by atoms with Crippen molar-refractivity contribution >= 4 is 5.91 Å². The summed E-state index contributed by atoms with van der Waals surface area (Å²) in [6.07, 6.45) is 6.18. The van der Waals surface area contributed by atoms with Crippen LogP contribution in [0.15, 0.2) is 30.3 Å². The molecule has 0 spiro atoms. The summed E-state index contributed by atoms with van der Waals surface area (Å²) in [5.41, 5.74) is 7.36. The van der Waals surface area contributed by atoms with E-state index in [1.165, 1.54) is 37.7 Å². The smallest absolute Gasteiger partial charge is 0.236 e. The minimum Gasteiger partial charge on any atom is -0.342 e. The van der Waals surface area contributed by atoms with Crippen molar-refractivity contribution < 1.29 is 4.79 Å². The Hall–Kier alpha value is -1.39. The minimum absolute atomic E-state index is 0.270. The lowest BCUT2D eigenvalue weighted by atomic mass is 9.89. The Bertz CT molecular complexity index is 527. The van der Waals surface area contributed by atoms with E-state index in [0.717, 1.165) is 13.1 Å². The highest BCUT2D eigenvalue weighted by Gasteiger charge is 2.34. The van der Waals surface area contributed by atoms with Gasteiger partial charge in [0.2, 0.25) is 5.91 Å². The van der Waals surface area contributed by atoms with E-state index in [0.29, 0.717) is 31.0 Å². The fraction of sp³-hybridized carbons (Fsp3) is 0.650. The number of carbonyl (C=O) groups is 1. The number of likely N-dealkylation sites (N-methyl/N-ethyl adjacent to an activating group) is 1. The number of hydrogen-bond acceptors (Lipinski definition) is 3. The van der Waals surface area contributed by atoms with Crippen LogP contribution in [0.25, 0.3) is 0 Å². The molecule has 0 radical (unpaired) electrons. The average molecular weight is 329 g/mol. The molecule has 132 valence electrons. The quantitative estimate of drug-likeness (QED) is 0.903. The summed E-state index contributed by atoms with van der Waals surface area (Å²) in [5, 5.41) is 0. The van der Waals surface area contributed by atoms with E-state index in [1.54, 1.807) is 0 Å². The standard InChI is InChI=1S/C20H31N3O/c1-22(18-10-6-3-7-11-18)20(24)15-23-13-17(12-21)19(14-23)16-8-4-2-5-9-16/h2,4-5,8-9,17-19H,3,6-7,10-15,21H2,1H3/t17-,19+/m1/s1. The van der Waals surface area contributed by atoms with Gasteiger partial charge in [-0.15, -0.1) is 0 Å². The lowest BCUT2D eigenvalue weighted by molar-refractivity contribution is -0.133. The lowest BCUT2D eigenvalue weighted by Gasteiger charge is -2.32. The second kappa shape index (κ2) is 8.13. The summed E-state index contributed by atoms with van der Waals surface area (Å²) < 4.78 is 0. The Labute approximate surface area is 146 Å². The van der Waals surface area contributed by atoms with E-state index in [9.17, 15) is 4.79 Å². The van der Waals surface area contributed by atoms with Gasteiger partial charge in [0.1, 0.15) is 0 Å². The summed E-state index contributed by atoms with van der Waals surface area (Å²) in [4.78, 5) is 17.0. The molecule has 1 aliphatic heterocycles. The van der Waals surface area contributed by atoms with Gasteiger partial charge in [0.05, 0.1) is 6.54 Å². The predicted octanol–water partition coefficient (Wildman–Crippen LogP) is 2.45. The number of rotatable bonds is 5. The van der Waals surface area contributed by atoms with Gasteiger partial charge in [-0.2, -0.15) is 0 Å². The number of likely N-dealkylation sites (tertiary alicyclic amines) is 1. The van der Waals surface area contributed by atoms with Crippen LogP contribution in [0.2, 0.25) is 0 Å². The molecule has 2 atom stereocenters. The highest BCUT2D eigenvalue weighted by atomic mass is 16.2. The molecule has 0 unspecified atom stereocenters. The van der Waals surface area contributed by atoms with Crippen LogP contribution < -0.4 is 5.73 Å². The van der Waals surface area contributed by atoms with Crippen LogP contribution in [-0.2, 0) is 4.79 Å². The molecule has 1 amide bonds. The Morgan fingerprint density at radius 1 is 1.17 bits per heavy atom. The Morgan fingerprint density at radius 3 is 2.54 bits per heavy atom. The Morgan fingerprint density at radius 2 is 1.88 bits per heavy atom. The number of nitrogens with zero attached hydrogens (tertiary/aromatic N) is 2. The van der Waals surface area contributed by atoms with Gasteiger partial charge in [-0.3, -0.25) is 9.69 Å². The Kier molecular flexibility index (Phi) is 5.90. The van der Waals surface area contributed by atoms with Gasteiger partial charge in [0.15, 0.2) is 0 Å². The van der Waals surface area contributed by atoms with E-state index in [-0.39, 0.29) is 5.91 Å². The number of benzene rings is 1. The first-order valence-electron chi connectivity index (χ1n) is 9.42. The fourth-order valence-electron chi connectivity index (χ4n) is 4.38. The third kappa shape index (κ3) is 3.98. The third-order valence-electron chi connectivity index (χ3n) is 5.92. The van der Waals surface area contributed by atoms with Crippen molar-refractivity contribution in [2.24, 2.45) is 11.7 Å². The van der Waals surface area contributed by atoms with Gasteiger partial charge in [-0.05, 0) is 30.9 Å². The molecule has 0 aromatic heterocycles. The van der Waals surface area contributed by atoms with E-state index >= 15 is 0 Å². The molecule has 1 saturated carbocycles. The van der Waals surface area contributed by atoms with E-state index in [4.69, 9.17) is 5.73 Å². The molecule has 24 heavy (non-hydrogen) atoms. The first-order valence-corrected chi connectivity index (χ1v) is 9.42. The van der Waals surface area contributed by atoms with Gasteiger partial charge in [0.25, 0.3) is 0 Å². The van der Waals surface area contributed by atoms with Crippen LogP contribution in [-0.4, -0.2) is 55.0 Å². The zero-order chi connectivity index (χ0) is 16.9. The lowest BCUT2D eigenvalue weighted by Crippen LogP contribution is -2.43. The zero-order valence-electron chi connectivity index (χ0n) is 14.9. The first-order chi connectivity index (χ1) is 11.7. The van der Waals surface area contributed by atoms with E-state index < -0.39 is 0 Å². The maximum atomic E-state index is 12.7. The molecule has 1 aromatic carbocycles. The summed E-state index contributed by atoms with van der Waals surface area (Å²) in [7, 11) is 1.99. The van der Waals surface area contributed by atoms with Gasteiger partial charge < -0.3 is 10.6 Å². The highest BCUT2D eigenvalue weighted by Crippen LogP contribution is 2.32. The average Bonchev–Trinajstić information content (AvgIpc) is 3.05. The van der Waals surface area contributed by atoms with E-state index in [2.05, 4.69) is 35.2 Å². The number of hydrogen-bond donors (Lipinski definition) is 1. The van der Waals surface area contributed by atoms with Gasteiger partial charge >= 0.3 is 0 Å². The van der Waals surface area contributed by atoms with Crippen molar-refractivity contribution in [3.8, 4) is 0 Å². The van der Waals surface area contributed by atoms with Crippen molar-refractivity contribution in [1.29, 1.82) is 0 Å². The molecule has 1 heterocycles. The molecule has 1 aliphatic carbocycles. The summed E-state index contributed by atoms with van der Waals surface area (Å²) in [5.74, 6) is 1.16. The van der Waals surface area contributed by atoms with Crippen molar-refractivity contribution in [3.05, 3.63) is 35.9 Å². The molecule has 2 N–H and O–H groups in total. The summed E-state index contributed by atoms with van der Waals surface area (Å²) >= 11 is 0. The minimum atomic E-state index is 0.270. The van der Waals surface area contributed by atoms with Crippen LogP contribution in [0.3, 0.4) is 0 Å². The normalized spacial score (nSPS) is 25.8. The molecule has 0 bridgehead atoms. The molecular formula is C20H31N3O. The molecule has 2 fully saturated rings. The second-order valence-electron chi connectivity index (χ2n) is 7.50. The van der Waals surface area contributed by atoms with Crippen LogP contribution in [0.5, 0.6) is 0 Å². The topological polar surface area (TPSA) is 49.6 Å². The molecule has 1 aromatic rings. The number of amides is 1. The van der Waals surface area contributed by atoms with Crippen LogP contribution in [0.1, 0.15) is 43.6 Å². The monoisotopic (exact) mass is 329 g/mol. The van der Waals surface area contributed by atoms with Crippen LogP contribution >= 0.6 is 0 Å².